The van der Waals surface area contributed by atoms with E-state index in [1.165, 1.54) is 0 Å². The van der Waals surface area contributed by atoms with E-state index in [1.807, 2.05) is 0 Å². The van der Waals surface area contributed by atoms with Gasteiger partial charge < -0.3 is 15.7 Å². The molecule has 0 spiro atoms. The van der Waals surface area contributed by atoms with Gasteiger partial charge in [0.2, 0.25) is 5.91 Å². The fourth-order valence-corrected chi connectivity index (χ4v) is 2.03. The number of carbonyl (C=O) groups excluding carboxylic acids is 1. The number of carbonyl (C=O) groups is 2. The first-order chi connectivity index (χ1) is 7.43. The van der Waals surface area contributed by atoms with Gasteiger partial charge >= 0.3 is 5.97 Å². The largest absolute Gasteiger partial charge is 0.481 e. The van der Waals surface area contributed by atoms with Crippen molar-refractivity contribution in [2.24, 2.45) is 11.7 Å². The highest BCUT2D eigenvalue weighted by Gasteiger charge is 2.33. The van der Waals surface area contributed by atoms with E-state index in [0.29, 0.717) is 6.54 Å². The van der Waals surface area contributed by atoms with Crippen LogP contribution in [-0.2, 0) is 9.59 Å². The number of likely N-dealkylation sites (tertiary alicyclic amines) is 1. The number of carboxylic acid groups (broad SMARTS) is 1. The molecule has 5 heteroatoms. The molecule has 92 valence electrons. The van der Waals surface area contributed by atoms with Crippen molar-refractivity contribution in [3.8, 4) is 0 Å². The van der Waals surface area contributed by atoms with E-state index in [9.17, 15) is 9.59 Å². The van der Waals surface area contributed by atoms with Gasteiger partial charge in [0.15, 0.2) is 0 Å². The van der Waals surface area contributed by atoms with E-state index < -0.39 is 5.97 Å². The Labute approximate surface area is 95.6 Å². The maximum atomic E-state index is 12.0. The Kier molecular flexibility index (Phi) is 4.29. The van der Waals surface area contributed by atoms with Crippen LogP contribution in [0.25, 0.3) is 0 Å². The summed E-state index contributed by atoms with van der Waals surface area (Å²) in [7, 11) is 0. The Morgan fingerprint density at radius 1 is 1.50 bits per heavy atom. The molecule has 3 unspecified atom stereocenters. The summed E-state index contributed by atoms with van der Waals surface area (Å²) in [5, 5.41) is 8.76. The van der Waals surface area contributed by atoms with Gasteiger partial charge in [0.25, 0.3) is 0 Å². The Morgan fingerprint density at radius 3 is 2.62 bits per heavy atom. The normalized spacial score (nSPS) is 24.2. The van der Waals surface area contributed by atoms with E-state index in [-0.39, 0.29) is 30.3 Å². The van der Waals surface area contributed by atoms with Crippen LogP contribution in [-0.4, -0.2) is 40.5 Å². The highest BCUT2D eigenvalue weighted by molar-refractivity contribution is 5.80. The van der Waals surface area contributed by atoms with Gasteiger partial charge in [-0.3, -0.25) is 9.59 Å². The molecule has 1 rings (SSSR count). The molecule has 5 nitrogen and oxygen atoms in total. The molecule has 0 aromatic heterocycles. The standard InChI is InChI=1S/C11H20N2O3/c1-7(8(2)12)11(16)13-5-3-4-9(13)6-10(14)15/h7-9H,3-6,12H2,1-2H3,(H,14,15). The van der Waals surface area contributed by atoms with Crippen LogP contribution in [0.5, 0.6) is 0 Å². The third-order valence-corrected chi connectivity index (χ3v) is 3.25. The molecule has 3 N–H and O–H groups in total. The summed E-state index contributed by atoms with van der Waals surface area (Å²) >= 11 is 0. The monoisotopic (exact) mass is 228 g/mol. The van der Waals surface area contributed by atoms with Crippen molar-refractivity contribution < 1.29 is 14.7 Å². The fraction of sp³-hybridized carbons (Fsp3) is 0.818. The molecule has 1 saturated heterocycles. The van der Waals surface area contributed by atoms with Crippen LogP contribution in [0.4, 0.5) is 0 Å². The van der Waals surface area contributed by atoms with Crippen LogP contribution in [0.2, 0.25) is 0 Å². The second kappa shape index (κ2) is 5.30. The van der Waals surface area contributed by atoms with E-state index in [4.69, 9.17) is 10.8 Å². The smallest absolute Gasteiger partial charge is 0.305 e. The highest BCUT2D eigenvalue weighted by atomic mass is 16.4. The van der Waals surface area contributed by atoms with Gasteiger partial charge in [0, 0.05) is 18.6 Å². The third kappa shape index (κ3) is 2.95. The number of hydrogen-bond acceptors (Lipinski definition) is 3. The summed E-state index contributed by atoms with van der Waals surface area (Å²) in [5.74, 6) is -1.11. The maximum Gasteiger partial charge on any atom is 0.305 e. The van der Waals surface area contributed by atoms with E-state index in [0.717, 1.165) is 12.8 Å². The minimum absolute atomic E-state index is 0.0150. The summed E-state index contributed by atoms with van der Waals surface area (Å²) < 4.78 is 0. The molecule has 0 saturated carbocycles. The van der Waals surface area contributed by atoms with E-state index >= 15 is 0 Å². The molecule has 1 aliphatic rings. The molecular weight excluding hydrogens is 208 g/mol. The molecule has 1 amide bonds. The van der Waals surface area contributed by atoms with Crippen molar-refractivity contribution in [1.82, 2.24) is 4.90 Å². The van der Waals surface area contributed by atoms with Crippen LogP contribution in [0, 0.1) is 5.92 Å². The number of nitrogens with two attached hydrogens (primary N) is 1. The lowest BCUT2D eigenvalue weighted by molar-refractivity contribution is -0.141. The summed E-state index contributed by atoms with van der Waals surface area (Å²) in [6.45, 7) is 4.25. The molecule has 1 fully saturated rings. The van der Waals surface area contributed by atoms with Crippen LogP contribution in [0.3, 0.4) is 0 Å². The minimum atomic E-state index is -0.849. The molecule has 16 heavy (non-hydrogen) atoms. The summed E-state index contributed by atoms with van der Waals surface area (Å²) in [5.41, 5.74) is 5.69. The van der Waals surface area contributed by atoms with Crippen molar-refractivity contribution in [3.63, 3.8) is 0 Å². The number of carboxylic acids is 1. The molecule has 1 heterocycles. The van der Waals surface area contributed by atoms with Gasteiger partial charge in [-0.15, -0.1) is 0 Å². The molecule has 0 aromatic carbocycles. The average Bonchev–Trinajstić information content (AvgIpc) is 2.62. The van der Waals surface area contributed by atoms with Gasteiger partial charge in [-0.1, -0.05) is 6.92 Å². The van der Waals surface area contributed by atoms with Crippen molar-refractivity contribution in [1.29, 1.82) is 0 Å². The molecule has 0 aromatic rings. The zero-order valence-electron chi connectivity index (χ0n) is 9.85. The predicted octanol–water partition coefficient (Wildman–Crippen LogP) is 0.435. The summed E-state index contributed by atoms with van der Waals surface area (Å²) in [6, 6.07) is -0.343. The first-order valence-corrected chi connectivity index (χ1v) is 5.71. The van der Waals surface area contributed by atoms with Crippen molar-refractivity contribution in [2.45, 2.75) is 45.2 Å². The number of hydrogen-bond donors (Lipinski definition) is 2. The lowest BCUT2D eigenvalue weighted by Gasteiger charge is -2.28. The Hall–Kier alpha value is -1.10. The SMILES string of the molecule is CC(N)C(C)C(=O)N1CCCC1CC(=O)O. The van der Waals surface area contributed by atoms with Gasteiger partial charge in [-0.25, -0.2) is 0 Å². The number of amides is 1. The van der Waals surface area contributed by atoms with Crippen molar-refractivity contribution >= 4 is 11.9 Å². The third-order valence-electron chi connectivity index (χ3n) is 3.25. The van der Waals surface area contributed by atoms with Crippen molar-refractivity contribution in [3.05, 3.63) is 0 Å². The number of aliphatic carboxylic acids is 1. The zero-order chi connectivity index (χ0) is 12.3. The molecule has 0 aliphatic carbocycles. The average molecular weight is 228 g/mol. The molecule has 1 aliphatic heterocycles. The quantitative estimate of drug-likeness (QED) is 0.731. The second-order valence-electron chi connectivity index (χ2n) is 4.57. The first-order valence-electron chi connectivity index (χ1n) is 5.71. The van der Waals surface area contributed by atoms with Crippen molar-refractivity contribution in [2.75, 3.05) is 6.54 Å². The molecule has 3 atom stereocenters. The molecule has 0 radical (unpaired) electrons. The Morgan fingerprint density at radius 2 is 2.12 bits per heavy atom. The van der Waals surface area contributed by atoms with Gasteiger partial charge in [-0.05, 0) is 19.8 Å². The van der Waals surface area contributed by atoms with Crippen LogP contribution in [0.1, 0.15) is 33.1 Å². The van der Waals surface area contributed by atoms with Crippen LogP contribution in [0.15, 0.2) is 0 Å². The number of nitrogens with zero attached hydrogens (tertiary/aromatic N) is 1. The zero-order valence-corrected chi connectivity index (χ0v) is 9.85. The lowest BCUT2D eigenvalue weighted by atomic mass is 10.0. The summed E-state index contributed by atoms with van der Waals surface area (Å²) in [4.78, 5) is 24.4. The Balaban J connectivity index is 2.64. The lowest BCUT2D eigenvalue weighted by Crippen LogP contribution is -2.44. The maximum absolute atomic E-state index is 12.0. The van der Waals surface area contributed by atoms with Gasteiger partial charge in [-0.2, -0.15) is 0 Å². The Bertz CT molecular complexity index is 278. The van der Waals surface area contributed by atoms with Crippen LogP contribution >= 0.6 is 0 Å². The highest BCUT2D eigenvalue weighted by Crippen LogP contribution is 2.22. The second-order valence-corrected chi connectivity index (χ2v) is 4.57. The van der Waals surface area contributed by atoms with E-state index in [1.54, 1.807) is 18.7 Å². The summed E-state index contributed by atoms with van der Waals surface area (Å²) in [6.07, 6.45) is 1.70. The molecule has 0 bridgehead atoms. The predicted molar refractivity (Wildman–Crippen MR) is 59.8 cm³/mol. The first kappa shape index (κ1) is 13.0. The molecular formula is C11H20N2O3. The van der Waals surface area contributed by atoms with Crippen LogP contribution < -0.4 is 5.73 Å². The fourth-order valence-electron chi connectivity index (χ4n) is 2.03. The van der Waals surface area contributed by atoms with Gasteiger partial charge in [0.05, 0.1) is 12.3 Å². The van der Waals surface area contributed by atoms with E-state index in [2.05, 4.69) is 0 Å². The van der Waals surface area contributed by atoms with Gasteiger partial charge in [0.1, 0.15) is 0 Å². The topological polar surface area (TPSA) is 83.6 Å². The number of rotatable bonds is 4. The minimum Gasteiger partial charge on any atom is -0.481 e.